The highest BCUT2D eigenvalue weighted by molar-refractivity contribution is 5.89. The molecule has 0 bridgehead atoms. The van der Waals surface area contributed by atoms with Gasteiger partial charge in [-0.3, -0.25) is 0 Å². The number of methoxy groups -OCH3 is 2. The number of carbonyl (C=O) groups excluding carboxylic acids is 1. The molecule has 0 aliphatic carbocycles. The van der Waals surface area contributed by atoms with E-state index in [0.29, 0.717) is 0 Å². The molecule has 1 unspecified atom stereocenters. The molecular formula is C11H11F3O3. The Morgan fingerprint density at radius 1 is 1.18 bits per heavy atom. The molecule has 0 amide bonds. The van der Waals surface area contributed by atoms with Crippen molar-refractivity contribution in [2.75, 3.05) is 14.2 Å². The molecule has 0 saturated carbocycles. The fourth-order valence-electron chi connectivity index (χ4n) is 1.37. The summed E-state index contributed by atoms with van der Waals surface area (Å²) < 4.78 is 46.4. The van der Waals surface area contributed by atoms with Crippen LogP contribution >= 0.6 is 0 Å². The maximum Gasteiger partial charge on any atom is 0.418 e. The van der Waals surface area contributed by atoms with Crippen molar-refractivity contribution in [1.82, 2.24) is 0 Å². The molecule has 1 rings (SSSR count). The largest absolute Gasteiger partial charge is 0.465 e. The van der Waals surface area contributed by atoms with Gasteiger partial charge in [0.15, 0.2) is 6.10 Å². The normalized spacial score (nSPS) is 13.2. The summed E-state index contributed by atoms with van der Waals surface area (Å²) in [4.78, 5) is 11.1. The van der Waals surface area contributed by atoms with Gasteiger partial charge in [0.25, 0.3) is 0 Å². The molecule has 0 radical (unpaired) electrons. The molecule has 0 saturated heterocycles. The quantitative estimate of drug-likeness (QED) is 0.771. The average molecular weight is 248 g/mol. The van der Waals surface area contributed by atoms with Gasteiger partial charge in [0.2, 0.25) is 0 Å². The molecule has 1 atom stereocenters. The number of hydrogen-bond acceptors (Lipinski definition) is 3. The van der Waals surface area contributed by atoms with Crippen LogP contribution in [0, 0.1) is 0 Å². The minimum atomic E-state index is -4.48. The standard InChI is InChI=1S/C11H11F3O3/c1-16-9(11(12,13)14)7-3-5-8(6-4-7)10(15)17-2/h3-6,9H,1-2H3. The van der Waals surface area contributed by atoms with Crippen LogP contribution in [0.15, 0.2) is 24.3 Å². The van der Waals surface area contributed by atoms with Crippen LogP contribution in [0.3, 0.4) is 0 Å². The first-order chi connectivity index (χ1) is 7.90. The third-order valence-electron chi connectivity index (χ3n) is 2.17. The number of rotatable bonds is 3. The van der Waals surface area contributed by atoms with Crippen LogP contribution in [0.25, 0.3) is 0 Å². The van der Waals surface area contributed by atoms with E-state index >= 15 is 0 Å². The van der Waals surface area contributed by atoms with Crippen molar-refractivity contribution in [1.29, 1.82) is 0 Å². The minimum Gasteiger partial charge on any atom is -0.465 e. The lowest BCUT2D eigenvalue weighted by Gasteiger charge is -2.19. The lowest BCUT2D eigenvalue weighted by molar-refractivity contribution is -0.215. The first-order valence-electron chi connectivity index (χ1n) is 4.68. The van der Waals surface area contributed by atoms with E-state index in [9.17, 15) is 18.0 Å². The Morgan fingerprint density at radius 3 is 2.06 bits per heavy atom. The maximum atomic E-state index is 12.5. The number of carbonyl (C=O) groups is 1. The van der Waals surface area contributed by atoms with E-state index in [1.165, 1.54) is 31.4 Å². The van der Waals surface area contributed by atoms with Crippen molar-refractivity contribution < 1.29 is 27.4 Å². The molecule has 0 spiro atoms. The summed E-state index contributed by atoms with van der Waals surface area (Å²) in [6, 6.07) is 4.90. The third kappa shape index (κ3) is 3.20. The van der Waals surface area contributed by atoms with Crippen LogP contribution in [0.2, 0.25) is 0 Å². The zero-order valence-corrected chi connectivity index (χ0v) is 9.25. The molecule has 17 heavy (non-hydrogen) atoms. The molecule has 1 aromatic rings. The highest BCUT2D eigenvalue weighted by Gasteiger charge is 2.41. The van der Waals surface area contributed by atoms with Gasteiger partial charge < -0.3 is 9.47 Å². The number of halogens is 3. The number of benzene rings is 1. The number of esters is 1. The molecule has 0 aliphatic rings. The zero-order valence-electron chi connectivity index (χ0n) is 9.25. The van der Waals surface area contributed by atoms with Crippen molar-refractivity contribution in [2.45, 2.75) is 12.3 Å². The smallest absolute Gasteiger partial charge is 0.418 e. The highest BCUT2D eigenvalue weighted by Crippen LogP contribution is 2.35. The predicted octanol–water partition coefficient (Wildman–Crippen LogP) is 2.72. The second-order valence-corrected chi connectivity index (χ2v) is 3.27. The van der Waals surface area contributed by atoms with Gasteiger partial charge in [0, 0.05) is 7.11 Å². The van der Waals surface area contributed by atoms with E-state index in [0.717, 1.165) is 7.11 Å². The Balaban J connectivity index is 2.97. The molecule has 0 heterocycles. The van der Waals surface area contributed by atoms with E-state index in [-0.39, 0.29) is 11.1 Å². The van der Waals surface area contributed by atoms with E-state index < -0.39 is 18.2 Å². The summed E-state index contributed by atoms with van der Waals surface area (Å²) in [7, 11) is 2.18. The van der Waals surface area contributed by atoms with Crippen LogP contribution in [0.5, 0.6) is 0 Å². The average Bonchev–Trinajstić information content (AvgIpc) is 2.28. The van der Waals surface area contributed by atoms with E-state index in [2.05, 4.69) is 9.47 Å². The predicted molar refractivity (Wildman–Crippen MR) is 53.6 cm³/mol. The Bertz CT molecular complexity index is 384. The number of alkyl halides is 3. The Hall–Kier alpha value is -1.56. The van der Waals surface area contributed by atoms with Gasteiger partial charge in [0.1, 0.15) is 0 Å². The summed E-state index contributed by atoms with van der Waals surface area (Å²) in [6.07, 6.45) is -6.48. The van der Waals surface area contributed by atoms with Crippen LogP contribution in [0.4, 0.5) is 13.2 Å². The fraction of sp³-hybridized carbons (Fsp3) is 0.364. The molecular weight excluding hydrogens is 237 g/mol. The van der Waals surface area contributed by atoms with E-state index in [4.69, 9.17) is 0 Å². The van der Waals surface area contributed by atoms with E-state index in [1.807, 2.05) is 0 Å². The molecule has 0 N–H and O–H groups in total. The first-order valence-corrected chi connectivity index (χ1v) is 4.68. The Kier molecular flexibility index (Phi) is 4.11. The molecule has 94 valence electrons. The van der Waals surface area contributed by atoms with Gasteiger partial charge in [-0.2, -0.15) is 13.2 Å². The van der Waals surface area contributed by atoms with Crippen molar-refractivity contribution in [3.8, 4) is 0 Å². The van der Waals surface area contributed by atoms with Crippen LogP contribution in [0.1, 0.15) is 22.0 Å². The monoisotopic (exact) mass is 248 g/mol. The maximum absolute atomic E-state index is 12.5. The summed E-state index contributed by atoms with van der Waals surface area (Å²) in [5.41, 5.74) is 0.126. The van der Waals surface area contributed by atoms with Crippen molar-refractivity contribution in [3.05, 3.63) is 35.4 Å². The first kappa shape index (κ1) is 13.5. The van der Waals surface area contributed by atoms with Gasteiger partial charge in [-0.15, -0.1) is 0 Å². The molecule has 1 aromatic carbocycles. The van der Waals surface area contributed by atoms with Crippen molar-refractivity contribution >= 4 is 5.97 Å². The lowest BCUT2D eigenvalue weighted by Crippen LogP contribution is -2.22. The van der Waals surface area contributed by atoms with Crippen molar-refractivity contribution in [2.24, 2.45) is 0 Å². The minimum absolute atomic E-state index is 0.0624. The fourth-order valence-corrected chi connectivity index (χ4v) is 1.37. The highest BCUT2D eigenvalue weighted by atomic mass is 19.4. The van der Waals surface area contributed by atoms with Crippen LogP contribution in [-0.4, -0.2) is 26.4 Å². The number of hydrogen-bond donors (Lipinski definition) is 0. The molecule has 6 heteroatoms. The third-order valence-corrected chi connectivity index (χ3v) is 2.17. The Labute approximate surface area is 96.1 Å². The SMILES string of the molecule is COC(=O)c1ccc(C(OC)C(F)(F)F)cc1. The van der Waals surface area contributed by atoms with Gasteiger partial charge in [-0.05, 0) is 17.7 Å². The summed E-state index contributed by atoms with van der Waals surface area (Å²) in [6.45, 7) is 0. The van der Waals surface area contributed by atoms with E-state index in [1.54, 1.807) is 0 Å². The van der Waals surface area contributed by atoms with Crippen LogP contribution < -0.4 is 0 Å². The molecule has 0 fully saturated rings. The Morgan fingerprint density at radius 2 is 1.71 bits per heavy atom. The molecule has 0 aromatic heterocycles. The lowest BCUT2D eigenvalue weighted by atomic mass is 10.1. The zero-order chi connectivity index (χ0) is 13.1. The van der Waals surface area contributed by atoms with Gasteiger partial charge in [0.05, 0.1) is 12.7 Å². The summed E-state index contributed by atoms with van der Waals surface area (Å²) in [5, 5.41) is 0. The topological polar surface area (TPSA) is 35.5 Å². The van der Waals surface area contributed by atoms with Crippen molar-refractivity contribution in [3.63, 3.8) is 0 Å². The number of ether oxygens (including phenoxy) is 2. The van der Waals surface area contributed by atoms with Crippen LogP contribution in [-0.2, 0) is 9.47 Å². The molecule has 0 aliphatic heterocycles. The van der Waals surface area contributed by atoms with Gasteiger partial charge in [-0.25, -0.2) is 4.79 Å². The van der Waals surface area contributed by atoms with Gasteiger partial charge >= 0.3 is 12.1 Å². The van der Waals surface area contributed by atoms with Gasteiger partial charge in [-0.1, -0.05) is 12.1 Å². The second kappa shape index (κ2) is 5.18. The molecule has 3 nitrogen and oxygen atoms in total. The second-order valence-electron chi connectivity index (χ2n) is 3.27. The summed E-state index contributed by atoms with van der Waals surface area (Å²) >= 11 is 0. The summed E-state index contributed by atoms with van der Waals surface area (Å²) in [5.74, 6) is -0.600.